The SMILES string of the molecule is CC1CCCN1C(=O)c1cccc(/C(N)=N/O)c1. The standard InChI is InChI=1S/C13H17N3O2/c1-9-4-3-7-16(9)13(17)11-6-2-5-10(8-11)12(14)15-18/h2,5-6,8-9,18H,3-4,7H2,1H3,(H2,14,15). The second-order valence-corrected chi connectivity index (χ2v) is 4.56. The first-order valence-corrected chi connectivity index (χ1v) is 6.02. The Balaban J connectivity index is 2.25. The van der Waals surface area contributed by atoms with Crippen molar-refractivity contribution in [2.45, 2.75) is 25.8 Å². The molecule has 96 valence electrons. The van der Waals surface area contributed by atoms with Gasteiger partial charge in [0.05, 0.1) is 0 Å². The zero-order valence-corrected chi connectivity index (χ0v) is 10.3. The third-order valence-electron chi connectivity index (χ3n) is 3.33. The van der Waals surface area contributed by atoms with Crippen molar-refractivity contribution >= 4 is 11.7 Å². The van der Waals surface area contributed by atoms with E-state index in [1.165, 1.54) is 0 Å². The maximum atomic E-state index is 12.3. The molecule has 1 heterocycles. The molecular formula is C13H17N3O2. The van der Waals surface area contributed by atoms with Crippen LogP contribution in [0.5, 0.6) is 0 Å². The van der Waals surface area contributed by atoms with Gasteiger partial charge in [-0.15, -0.1) is 0 Å². The Morgan fingerprint density at radius 3 is 2.83 bits per heavy atom. The Kier molecular flexibility index (Phi) is 3.50. The molecule has 1 amide bonds. The molecule has 1 aromatic rings. The van der Waals surface area contributed by atoms with Gasteiger partial charge in [-0.05, 0) is 31.9 Å². The summed E-state index contributed by atoms with van der Waals surface area (Å²) in [6, 6.07) is 7.13. The van der Waals surface area contributed by atoms with Crippen molar-refractivity contribution < 1.29 is 10.0 Å². The van der Waals surface area contributed by atoms with Crippen LogP contribution in [0.15, 0.2) is 29.4 Å². The lowest BCUT2D eigenvalue weighted by Gasteiger charge is -2.21. The monoisotopic (exact) mass is 247 g/mol. The summed E-state index contributed by atoms with van der Waals surface area (Å²) in [6.07, 6.45) is 2.10. The minimum absolute atomic E-state index is 0.00703. The Morgan fingerprint density at radius 1 is 1.50 bits per heavy atom. The van der Waals surface area contributed by atoms with E-state index >= 15 is 0 Å². The summed E-state index contributed by atoms with van der Waals surface area (Å²) < 4.78 is 0. The van der Waals surface area contributed by atoms with E-state index in [0.29, 0.717) is 11.1 Å². The molecule has 0 aliphatic carbocycles. The smallest absolute Gasteiger partial charge is 0.254 e. The third kappa shape index (κ3) is 2.30. The molecule has 1 fully saturated rings. The minimum Gasteiger partial charge on any atom is -0.409 e. The van der Waals surface area contributed by atoms with Crippen LogP contribution in [0.25, 0.3) is 0 Å². The van der Waals surface area contributed by atoms with E-state index in [1.54, 1.807) is 24.3 Å². The van der Waals surface area contributed by atoms with E-state index in [4.69, 9.17) is 10.9 Å². The fraction of sp³-hybridized carbons (Fsp3) is 0.385. The van der Waals surface area contributed by atoms with E-state index in [9.17, 15) is 4.79 Å². The average Bonchev–Trinajstić information content (AvgIpc) is 2.83. The molecule has 2 rings (SSSR count). The van der Waals surface area contributed by atoms with E-state index in [2.05, 4.69) is 12.1 Å². The van der Waals surface area contributed by atoms with Crippen LogP contribution in [0.4, 0.5) is 0 Å². The summed E-state index contributed by atoms with van der Waals surface area (Å²) in [5.41, 5.74) is 6.65. The quantitative estimate of drug-likeness (QED) is 0.359. The van der Waals surface area contributed by atoms with E-state index in [0.717, 1.165) is 19.4 Å². The fourth-order valence-electron chi connectivity index (χ4n) is 2.27. The highest BCUT2D eigenvalue weighted by molar-refractivity contribution is 6.01. The van der Waals surface area contributed by atoms with Crippen LogP contribution >= 0.6 is 0 Å². The number of carbonyl (C=O) groups excluding carboxylic acids is 1. The second kappa shape index (κ2) is 5.08. The number of likely N-dealkylation sites (tertiary alicyclic amines) is 1. The second-order valence-electron chi connectivity index (χ2n) is 4.56. The van der Waals surface area contributed by atoms with Crippen LogP contribution in [0.2, 0.25) is 0 Å². The van der Waals surface area contributed by atoms with Gasteiger partial charge < -0.3 is 15.8 Å². The molecule has 1 aliphatic heterocycles. The Labute approximate surface area is 106 Å². The van der Waals surface area contributed by atoms with Gasteiger partial charge >= 0.3 is 0 Å². The molecule has 18 heavy (non-hydrogen) atoms. The molecule has 0 spiro atoms. The highest BCUT2D eigenvalue weighted by Crippen LogP contribution is 2.19. The molecule has 0 bridgehead atoms. The topological polar surface area (TPSA) is 78.9 Å². The van der Waals surface area contributed by atoms with Crippen LogP contribution in [-0.2, 0) is 0 Å². The molecule has 5 heteroatoms. The molecule has 1 saturated heterocycles. The number of hydrogen-bond donors (Lipinski definition) is 2. The Hall–Kier alpha value is -2.04. The van der Waals surface area contributed by atoms with Gasteiger partial charge in [0.25, 0.3) is 5.91 Å². The summed E-state index contributed by atoms with van der Waals surface area (Å²) in [7, 11) is 0. The van der Waals surface area contributed by atoms with Crippen LogP contribution in [0.3, 0.4) is 0 Å². The third-order valence-corrected chi connectivity index (χ3v) is 3.33. The molecule has 1 aromatic carbocycles. The zero-order valence-electron chi connectivity index (χ0n) is 10.3. The van der Waals surface area contributed by atoms with Gasteiger partial charge in [0.15, 0.2) is 5.84 Å². The van der Waals surface area contributed by atoms with Crippen LogP contribution in [0.1, 0.15) is 35.7 Å². The maximum absolute atomic E-state index is 12.3. The van der Waals surface area contributed by atoms with Crippen molar-refractivity contribution in [1.82, 2.24) is 4.90 Å². The summed E-state index contributed by atoms with van der Waals surface area (Å²) in [6.45, 7) is 2.85. The fourth-order valence-corrected chi connectivity index (χ4v) is 2.27. The first-order valence-electron chi connectivity index (χ1n) is 6.02. The van der Waals surface area contributed by atoms with Crippen molar-refractivity contribution in [1.29, 1.82) is 0 Å². The van der Waals surface area contributed by atoms with Gasteiger partial charge in [0.2, 0.25) is 0 Å². The Bertz CT molecular complexity index is 485. The van der Waals surface area contributed by atoms with Crippen molar-refractivity contribution in [2.24, 2.45) is 10.9 Å². The molecule has 0 aromatic heterocycles. The molecule has 3 N–H and O–H groups in total. The van der Waals surface area contributed by atoms with Crippen LogP contribution in [0, 0.1) is 0 Å². The van der Waals surface area contributed by atoms with Gasteiger partial charge in [0.1, 0.15) is 0 Å². The minimum atomic E-state index is 0.00703. The average molecular weight is 247 g/mol. The van der Waals surface area contributed by atoms with Crippen molar-refractivity contribution in [3.63, 3.8) is 0 Å². The molecular weight excluding hydrogens is 230 g/mol. The van der Waals surface area contributed by atoms with Crippen molar-refractivity contribution in [2.75, 3.05) is 6.54 Å². The number of benzene rings is 1. The zero-order chi connectivity index (χ0) is 13.1. The first-order chi connectivity index (χ1) is 8.63. The number of carbonyl (C=O) groups is 1. The number of amides is 1. The number of nitrogens with two attached hydrogens (primary N) is 1. The van der Waals surface area contributed by atoms with Crippen LogP contribution in [-0.4, -0.2) is 34.4 Å². The summed E-state index contributed by atoms with van der Waals surface area (Å²) in [5, 5.41) is 11.6. The molecule has 1 aliphatic rings. The molecule has 0 saturated carbocycles. The highest BCUT2D eigenvalue weighted by atomic mass is 16.4. The number of amidine groups is 1. The molecule has 0 radical (unpaired) electrons. The van der Waals surface area contributed by atoms with Gasteiger partial charge in [-0.2, -0.15) is 0 Å². The number of oxime groups is 1. The molecule has 1 unspecified atom stereocenters. The summed E-state index contributed by atoms with van der Waals surface area (Å²) >= 11 is 0. The lowest BCUT2D eigenvalue weighted by Crippen LogP contribution is -2.33. The largest absolute Gasteiger partial charge is 0.409 e. The lowest BCUT2D eigenvalue weighted by molar-refractivity contribution is 0.0747. The van der Waals surface area contributed by atoms with Gasteiger partial charge in [-0.1, -0.05) is 17.3 Å². The Morgan fingerprint density at radius 2 is 2.22 bits per heavy atom. The first kappa shape index (κ1) is 12.4. The predicted molar refractivity (Wildman–Crippen MR) is 68.7 cm³/mol. The maximum Gasteiger partial charge on any atom is 0.254 e. The predicted octanol–water partition coefficient (Wildman–Crippen LogP) is 1.41. The van der Waals surface area contributed by atoms with E-state index < -0.39 is 0 Å². The van der Waals surface area contributed by atoms with E-state index in [1.807, 2.05) is 4.90 Å². The van der Waals surface area contributed by atoms with Crippen molar-refractivity contribution in [3.8, 4) is 0 Å². The number of rotatable bonds is 2. The summed E-state index contributed by atoms with van der Waals surface area (Å²) in [4.78, 5) is 14.2. The number of nitrogens with zero attached hydrogens (tertiary/aromatic N) is 2. The van der Waals surface area contributed by atoms with Gasteiger partial charge in [-0.25, -0.2) is 0 Å². The summed E-state index contributed by atoms with van der Waals surface area (Å²) in [5.74, 6) is 0.0201. The molecule has 1 atom stereocenters. The number of hydrogen-bond acceptors (Lipinski definition) is 3. The highest BCUT2D eigenvalue weighted by Gasteiger charge is 2.26. The lowest BCUT2D eigenvalue weighted by atomic mass is 10.1. The van der Waals surface area contributed by atoms with Gasteiger partial charge in [-0.3, -0.25) is 4.79 Å². The van der Waals surface area contributed by atoms with Crippen molar-refractivity contribution in [3.05, 3.63) is 35.4 Å². The van der Waals surface area contributed by atoms with Gasteiger partial charge in [0, 0.05) is 23.7 Å². The normalized spacial score (nSPS) is 20.2. The molecule has 5 nitrogen and oxygen atoms in total. The van der Waals surface area contributed by atoms with Crippen LogP contribution < -0.4 is 5.73 Å². The van der Waals surface area contributed by atoms with E-state index in [-0.39, 0.29) is 17.8 Å².